The van der Waals surface area contributed by atoms with E-state index in [2.05, 4.69) is 10.6 Å². The van der Waals surface area contributed by atoms with Crippen LogP contribution in [-0.2, 0) is 4.79 Å². The molecule has 1 aliphatic rings. The Morgan fingerprint density at radius 3 is 2.67 bits per heavy atom. The summed E-state index contributed by atoms with van der Waals surface area (Å²) in [6.45, 7) is 3.57. The summed E-state index contributed by atoms with van der Waals surface area (Å²) in [6.07, 6.45) is -2.58. The molecule has 3 nitrogen and oxygen atoms in total. The lowest BCUT2D eigenvalue weighted by atomic mass is 9.77. The van der Waals surface area contributed by atoms with E-state index in [0.717, 1.165) is 19.4 Å². The van der Waals surface area contributed by atoms with Crippen LogP contribution in [0.3, 0.4) is 0 Å². The number of halogens is 3. The molecule has 0 aromatic carbocycles. The molecule has 0 aromatic rings. The average Bonchev–Trinajstić information content (AvgIpc) is 2.34. The third-order valence-corrected chi connectivity index (χ3v) is 3.55. The summed E-state index contributed by atoms with van der Waals surface area (Å²) in [5.74, 6) is -0.112. The van der Waals surface area contributed by atoms with Crippen LogP contribution in [0.4, 0.5) is 13.2 Å². The summed E-state index contributed by atoms with van der Waals surface area (Å²) in [5.41, 5.74) is -0.434. The Morgan fingerprint density at radius 1 is 1.44 bits per heavy atom. The van der Waals surface area contributed by atoms with E-state index in [-0.39, 0.29) is 18.9 Å². The van der Waals surface area contributed by atoms with Gasteiger partial charge in [0, 0.05) is 19.5 Å². The molecule has 1 unspecified atom stereocenters. The van der Waals surface area contributed by atoms with Gasteiger partial charge >= 0.3 is 6.18 Å². The van der Waals surface area contributed by atoms with Crippen molar-refractivity contribution in [3.63, 3.8) is 0 Å². The van der Waals surface area contributed by atoms with Gasteiger partial charge in [-0.25, -0.2) is 0 Å². The molecule has 0 radical (unpaired) electrons. The molecule has 6 heteroatoms. The van der Waals surface area contributed by atoms with E-state index in [0.29, 0.717) is 13.0 Å². The van der Waals surface area contributed by atoms with Gasteiger partial charge in [-0.15, -0.1) is 0 Å². The topological polar surface area (TPSA) is 41.1 Å². The largest absolute Gasteiger partial charge is 0.389 e. The van der Waals surface area contributed by atoms with Crippen LogP contribution >= 0.6 is 0 Å². The van der Waals surface area contributed by atoms with Crippen molar-refractivity contribution in [1.29, 1.82) is 0 Å². The van der Waals surface area contributed by atoms with E-state index in [1.807, 2.05) is 6.92 Å². The minimum Gasteiger partial charge on any atom is -0.356 e. The van der Waals surface area contributed by atoms with Gasteiger partial charge in [0.1, 0.15) is 0 Å². The SMILES string of the molecule is CCC1(C(=O)NCCCC(F)(F)F)CCCNC1. The van der Waals surface area contributed by atoms with Crippen molar-refractivity contribution in [2.45, 2.75) is 45.2 Å². The van der Waals surface area contributed by atoms with Gasteiger partial charge in [0.2, 0.25) is 5.91 Å². The standard InChI is InChI=1S/C12H21F3N2O/c1-2-11(5-3-7-16-9-11)10(18)17-8-4-6-12(13,14)15/h16H,2-9H2,1H3,(H,17,18). The minimum absolute atomic E-state index is 0.0531. The highest BCUT2D eigenvalue weighted by atomic mass is 19.4. The fourth-order valence-corrected chi connectivity index (χ4v) is 2.30. The molecule has 0 saturated carbocycles. The maximum absolute atomic E-state index is 12.0. The Labute approximate surface area is 106 Å². The summed E-state index contributed by atoms with van der Waals surface area (Å²) in [7, 11) is 0. The summed E-state index contributed by atoms with van der Waals surface area (Å²) in [4.78, 5) is 12.0. The summed E-state index contributed by atoms with van der Waals surface area (Å²) >= 11 is 0. The van der Waals surface area contributed by atoms with Crippen LogP contribution in [0, 0.1) is 5.41 Å². The lowest BCUT2D eigenvalue weighted by Gasteiger charge is -2.35. The number of piperidine rings is 1. The molecule has 1 heterocycles. The zero-order valence-corrected chi connectivity index (χ0v) is 10.7. The van der Waals surface area contributed by atoms with Crippen molar-refractivity contribution < 1.29 is 18.0 Å². The first-order valence-corrected chi connectivity index (χ1v) is 6.45. The van der Waals surface area contributed by atoms with Crippen LogP contribution in [0.1, 0.15) is 39.0 Å². The molecule has 1 atom stereocenters. The van der Waals surface area contributed by atoms with E-state index < -0.39 is 18.0 Å². The molecule has 1 aliphatic heterocycles. The van der Waals surface area contributed by atoms with E-state index >= 15 is 0 Å². The second-order valence-corrected chi connectivity index (χ2v) is 4.89. The molecular weight excluding hydrogens is 245 g/mol. The van der Waals surface area contributed by atoms with E-state index in [1.54, 1.807) is 0 Å². The Bertz CT molecular complexity index is 273. The highest BCUT2D eigenvalue weighted by Gasteiger charge is 2.37. The number of nitrogens with one attached hydrogen (secondary N) is 2. The Hall–Kier alpha value is -0.780. The quantitative estimate of drug-likeness (QED) is 0.749. The van der Waals surface area contributed by atoms with Crippen molar-refractivity contribution in [3.05, 3.63) is 0 Å². The first-order chi connectivity index (χ1) is 8.40. The molecule has 1 fully saturated rings. The van der Waals surface area contributed by atoms with Gasteiger partial charge in [-0.3, -0.25) is 4.79 Å². The van der Waals surface area contributed by atoms with Crippen molar-refractivity contribution in [2.24, 2.45) is 5.41 Å². The van der Waals surface area contributed by atoms with E-state index in [4.69, 9.17) is 0 Å². The monoisotopic (exact) mass is 266 g/mol. The van der Waals surface area contributed by atoms with Crippen molar-refractivity contribution in [2.75, 3.05) is 19.6 Å². The van der Waals surface area contributed by atoms with Gasteiger partial charge in [-0.1, -0.05) is 6.92 Å². The molecule has 106 valence electrons. The van der Waals surface area contributed by atoms with Crippen LogP contribution in [0.5, 0.6) is 0 Å². The van der Waals surface area contributed by atoms with Gasteiger partial charge in [-0.2, -0.15) is 13.2 Å². The van der Waals surface area contributed by atoms with Gasteiger partial charge in [0.25, 0.3) is 0 Å². The maximum Gasteiger partial charge on any atom is 0.389 e. The predicted octanol–water partition coefficient (Wildman–Crippen LogP) is 2.22. The molecule has 1 amide bonds. The molecule has 0 aliphatic carbocycles. The van der Waals surface area contributed by atoms with Crippen LogP contribution in [0.15, 0.2) is 0 Å². The maximum atomic E-state index is 12.0. The Morgan fingerprint density at radius 2 is 2.17 bits per heavy atom. The molecule has 1 saturated heterocycles. The first-order valence-electron chi connectivity index (χ1n) is 6.45. The van der Waals surface area contributed by atoms with Crippen LogP contribution in [0.2, 0.25) is 0 Å². The zero-order valence-electron chi connectivity index (χ0n) is 10.7. The number of hydrogen-bond donors (Lipinski definition) is 2. The zero-order chi connectivity index (χ0) is 13.6. The van der Waals surface area contributed by atoms with Crippen LogP contribution in [0.25, 0.3) is 0 Å². The van der Waals surface area contributed by atoms with Crippen molar-refractivity contribution in [1.82, 2.24) is 10.6 Å². The van der Waals surface area contributed by atoms with E-state index in [9.17, 15) is 18.0 Å². The predicted molar refractivity (Wildman–Crippen MR) is 63.1 cm³/mol. The highest BCUT2D eigenvalue weighted by Crippen LogP contribution is 2.30. The number of hydrogen-bond acceptors (Lipinski definition) is 2. The number of carbonyl (C=O) groups excluding carboxylic acids is 1. The molecule has 1 rings (SSSR count). The second kappa shape index (κ2) is 6.41. The van der Waals surface area contributed by atoms with Crippen molar-refractivity contribution in [3.8, 4) is 0 Å². The molecular formula is C12H21F3N2O. The third-order valence-electron chi connectivity index (χ3n) is 3.55. The fraction of sp³-hybridized carbons (Fsp3) is 0.917. The fourth-order valence-electron chi connectivity index (χ4n) is 2.30. The number of carbonyl (C=O) groups is 1. The summed E-state index contributed by atoms with van der Waals surface area (Å²) in [5, 5.41) is 5.82. The lowest BCUT2D eigenvalue weighted by molar-refractivity contribution is -0.138. The van der Waals surface area contributed by atoms with Crippen LogP contribution < -0.4 is 10.6 Å². The summed E-state index contributed by atoms with van der Waals surface area (Å²) < 4.78 is 35.9. The highest BCUT2D eigenvalue weighted by molar-refractivity contribution is 5.82. The Balaban J connectivity index is 2.34. The van der Waals surface area contributed by atoms with Gasteiger partial charge < -0.3 is 10.6 Å². The van der Waals surface area contributed by atoms with Crippen LogP contribution in [-0.4, -0.2) is 31.7 Å². The number of alkyl halides is 3. The average molecular weight is 266 g/mol. The Kier molecular flexibility index (Phi) is 5.44. The van der Waals surface area contributed by atoms with E-state index in [1.165, 1.54) is 0 Å². The molecule has 0 bridgehead atoms. The van der Waals surface area contributed by atoms with Gasteiger partial charge in [0.15, 0.2) is 0 Å². The van der Waals surface area contributed by atoms with Gasteiger partial charge in [-0.05, 0) is 32.2 Å². The molecule has 18 heavy (non-hydrogen) atoms. The minimum atomic E-state index is -4.14. The molecule has 0 aromatic heterocycles. The lowest BCUT2D eigenvalue weighted by Crippen LogP contribution is -2.50. The first kappa shape index (κ1) is 15.3. The number of amides is 1. The summed E-state index contributed by atoms with van der Waals surface area (Å²) in [6, 6.07) is 0. The third kappa shape index (κ3) is 4.48. The molecule has 0 spiro atoms. The second-order valence-electron chi connectivity index (χ2n) is 4.89. The normalized spacial score (nSPS) is 24.9. The van der Waals surface area contributed by atoms with Crippen molar-refractivity contribution >= 4 is 5.91 Å². The number of rotatable bonds is 5. The smallest absolute Gasteiger partial charge is 0.356 e. The van der Waals surface area contributed by atoms with Gasteiger partial charge in [0.05, 0.1) is 5.41 Å². The molecule has 2 N–H and O–H groups in total.